The first-order valence-electron chi connectivity index (χ1n) is 5.36. The van der Waals surface area contributed by atoms with Crippen molar-refractivity contribution in [2.24, 2.45) is 0 Å². The minimum absolute atomic E-state index is 0.711. The van der Waals surface area contributed by atoms with Gasteiger partial charge in [-0.3, -0.25) is 4.90 Å². The van der Waals surface area contributed by atoms with Crippen LogP contribution in [0.25, 0.3) is 0 Å². The lowest BCUT2D eigenvalue weighted by Gasteiger charge is -2.39. The molecule has 1 unspecified atom stereocenters. The number of piperazine rings is 1. The molecule has 1 atom stereocenters. The summed E-state index contributed by atoms with van der Waals surface area (Å²) in [7, 11) is 2.20. The van der Waals surface area contributed by atoms with Gasteiger partial charge in [-0.25, -0.2) is 0 Å². The third kappa shape index (κ3) is 2.42. The maximum atomic E-state index is 5.51. The highest BCUT2D eigenvalue weighted by molar-refractivity contribution is 4.78. The van der Waals surface area contributed by atoms with Gasteiger partial charge in [0.25, 0.3) is 0 Å². The molecule has 0 saturated carbocycles. The van der Waals surface area contributed by atoms with E-state index in [4.69, 9.17) is 4.74 Å². The first kappa shape index (κ1) is 9.44. The van der Waals surface area contributed by atoms with Crippen LogP contribution >= 0.6 is 0 Å². The van der Waals surface area contributed by atoms with E-state index in [2.05, 4.69) is 16.8 Å². The van der Waals surface area contributed by atoms with E-state index in [1.54, 1.807) is 0 Å². The summed E-state index contributed by atoms with van der Waals surface area (Å²) < 4.78 is 5.51. The van der Waals surface area contributed by atoms with Crippen LogP contribution in [0.15, 0.2) is 0 Å². The predicted octanol–water partition coefficient (Wildman–Crippen LogP) is 0.413. The monoisotopic (exact) mass is 184 g/mol. The van der Waals surface area contributed by atoms with Crippen LogP contribution in [-0.2, 0) is 4.74 Å². The molecule has 0 bridgehead atoms. The van der Waals surface area contributed by atoms with E-state index in [0.29, 0.717) is 6.04 Å². The Kier molecular flexibility index (Phi) is 3.19. The fourth-order valence-electron chi connectivity index (χ4n) is 2.20. The van der Waals surface area contributed by atoms with Gasteiger partial charge in [0.2, 0.25) is 0 Å². The molecule has 0 radical (unpaired) electrons. The molecule has 2 saturated heterocycles. The van der Waals surface area contributed by atoms with Gasteiger partial charge in [0, 0.05) is 38.8 Å². The molecule has 2 rings (SSSR count). The standard InChI is InChI=1S/C10H20N2O/c1-11-4-6-12(7-5-11)10-3-2-8-13-9-10/h10H,2-9H2,1H3. The zero-order chi connectivity index (χ0) is 9.10. The number of rotatable bonds is 1. The lowest BCUT2D eigenvalue weighted by Crippen LogP contribution is -2.51. The van der Waals surface area contributed by atoms with Crippen LogP contribution in [0.2, 0.25) is 0 Å². The van der Waals surface area contributed by atoms with Gasteiger partial charge in [-0.2, -0.15) is 0 Å². The lowest BCUT2D eigenvalue weighted by atomic mass is 10.1. The second-order valence-electron chi connectivity index (χ2n) is 4.21. The molecular weight excluding hydrogens is 164 g/mol. The Balaban J connectivity index is 1.79. The Hall–Kier alpha value is -0.120. The van der Waals surface area contributed by atoms with Gasteiger partial charge in [0.1, 0.15) is 0 Å². The number of ether oxygens (including phenoxy) is 1. The van der Waals surface area contributed by atoms with Crippen molar-refractivity contribution in [1.29, 1.82) is 0 Å². The van der Waals surface area contributed by atoms with E-state index in [9.17, 15) is 0 Å². The Morgan fingerprint density at radius 1 is 1.15 bits per heavy atom. The predicted molar refractivity (Wildman–Crippen MR) is 52.9 cm³/mol. The maximum absolute atomic E-state index is 5.51. The van der Waals surface area contributed by atoms with Crippen molar-refractivity contribution in [1.82, 2.24) is 9.80 Å². The SMILES string of the molecule is CN1CCN(C2CCCOC2)CC1. The van der Waals surface area contributed by atoms with Crippen LogP contribution < -0.4 is 0 Å². The molecule has 2 aliphatic rings. The van der Waals surface area contributed by atoms with Gasteiger partial charge in [0.05, 0.1) is 6.61 Å². The molecule has 0 aliphatic carbocycles. The second kappa shape index (κ2) is 4.40. The largest absolute Gasteiger partial charge is 0.380 e. The van der Waals surface area contributed by atoms with Crippen molar-refractivity contribution in [3.05, 3.63) is 0 Å². The first-order chi connectivity index (χ1) is 6.36. The molecule has 0 spiro atoms. The summed E-state index contributed by atoms with van der Waals surface area (Å²) in [6.07, 6.45) is 2.58. The summed E-state index contributed by atoms with van der Waals surface area (Å²) in [6.45, 7) is 6.83. The second-order valence-corrected chi connectivity index (χ2v) is 4.21. The van der Waals surface area contributed by atoms with E-state index in [-0.39, 0.29) is 0 Å². The molecule has 3 nitrogen and oxygen atoms in total. The fourth-order valence-corrected chi connectivity index (χ4v) is 2.20. The van der Waals surface area contributed by atoms with E-state index >= 15 is 0 Å². The minimum atomic E-state index is 0.711. The Labute approximate surface area is 80.6 Å². The normalized spacial score (nSPS) is 33.5. The van der Waals surface area contributed by atoms with Crippen molar-refractivity contribution in [3.63, 3.8) is 0 Å². The summed E-state index contributed by atoms with van der Waals surface area (Å²) in [5.41, 5.74) is 0. The van der Waals surface area contributed by atoms with Gasteiger partial charge in [0.15, 0.2) is 0 Å². The topological polar surface area (TPSA) is 15.7 Å². The molecule has 0 aromatic rings. The highest BCUT2D eigenvalue weighted by Gasteiger charge is 2.23. The Morgan fingerprint density at radius 2 is 1.92 bits per heavy atom. The maximum Gasteiger partial charge on any atom is 0.0621 e. The number of nitrogens with zero attached hydrogens (tertiary/aromatic N) is 2. The third-order valence-corrected chi connectivity index (χ3v) is 3.19. The van der Waals surface area contributed by atoms with Crippen LogP contribution in [0.3, 0.4) is 0 Å². The molecule has 2 heterocycles. The van der Waals surface area contributed by atoms with Crippen molar-refractivity contribution in [2.45, 2.75) is 18.9 Å². The lowest BCUT2D eigenvalue weighted by molar-refractivity contribution is 0.00161. The summed E-state index contributed by atoms with van der Waals surface area (Å²) in [5, 5.41) is 0. The van der Waals surface area contributed by atoms with Crippen LogP contribution in [0.5, 0.6) is 0 Å². The van der Waals surface area contributed by atoms with Crippen molar-refractivity contribution in [3.8, 4) is 0 Å². The fraction of sp³-hybridized carbons (Fsp3) is 1.00. The Bertz CT molecular complexity index is 149. The molecule has 0 aromatic heterocycles. The zero-order valence-electron chi connectivity index (χ0n) is 8.54. The van der Waals surface area contributed by atoms with Crippen molar-refractivity contribution < 1.29 is 4.74 Å². The average molecular weight is 184 g/mol. The molecule has 76 valence electrons. The van der Waals surface area contributed by atoms with E-state index in [1.165, 1.54) is 39.0 Å². The summed E-state index contributed by atoms with van der Waals surface area (Å²) in [6, 6.07) is 0.711. The van der Waals surface area contributed by atoms with E-state index in [1.807, 2.05) is 0 Å². The van der Waals surface area contributed by atoms with Gasteiger partial charge in [-0.15, -0.1) is 0 Å². The van der Waals surface area contributed by atoms with Gasteiger partial charge in [-0.05, 0) is 19.9 Å². The quantitative estimate of drug-likeness (QED) is 0.587. The number of likely N-dealkylation sites (N-methyl/N-ethyl adjacent to an activating group) is 1. The third-order valence-electron chi connectivity index (χ3n) is 3.19. The summed E-state index contributed by atoms with van der Waals surface area (Å²) in [4.78, 5) is 5.00. The van der Waals surface area contributed by atoms with Crippen LogP contribution in [0, 0.1) is 0 Å². The molecular formula is C10H20N2O. The van der Waals surface area contributed by atoms with Gasteiger partial charge < -0.3 is 9.64 Å². The van der Waals surface area contributed by atoms with Crippen LogP contribution in [0.1, 0.15) is 12.8 Å². The summed E-state index contributed by atoms with van der Waals surface area (Å²) in [5.74, 6) is 0. The molecule has 13 heavy (non-hydrogen) atoms. The van der Waals surface area contributed by atoms with E-state index in [0.717, 1.165) is 13.2 Å². The molecule has 0 aromatic carbocycles. The number of hydrogen-bond acceptors (Lipinski definition) is 3. The van der Waals surface area contributed by atoms with Gasteiger partial charge >= 0.3 is 0 Å². The highest BCUT2D eigenvalue weighted by Crippen LogP contribution is 2.14. The highest BCUT2D eigenvalue weighted by atomic mass is 16.5. The molecule has 3 heteroatoms. The molecule has 0 N–H and O–H groups in total. The number of hydrogen-bond donors (Lipinski definition) is 0. The Morgan fingerprint density at radius 3 is 2.54 bits per heavy atom. The van der Waals surface area contributed by atoms with Gasteiger partial charge in [-0.1, -0.05) is 0 Å². The van der Waals surface area contributed by atoms with Crippen LogP contribution in [0.4, 0.5) is 0 Å². The van der Waals surface area contributed by atoms with Crippen molar-refractivity contribution in [2.75, 3.05) is 46.4 Å². The first-order valence-corrected chi connectivity index (χ1v) is 5.36. The van der Waals surface area contributed by atoms with Crippen LogP contribution in [-0.4, -0.2) is 62.3 Å². The van der Waals surface area contributed by atoms with E-state index < -0.39 is 0 Å². The molecule has 0 amide bonds. The zero-order valence-corrected chi connectivity index (χ0v) is 8.54. The average Bonchev–Trinajstić information content (AvgIpc) is 2.20. The van der Waals surface area contributed by atoms with Crippen molar-refractivity contribution >= 4 is 0 Å². The minimum Gasteiger partial charge on any atom is -0.380 e. The summed E-state index contributed by atoms with van der Waals surface area (Å²) >= 11 is 0. The molecule has 2 aliphatic heterocycles. The smallest absolute Gasteiger partial charge is 0.0621 e. The molecule has 2 fully saturated rings.